The molecule has 1 fully saturated rings. The maximum absolute atomic E-state index is 9.56. The SMILES string of the molecule is CC.Cc1ccc(N2CCCC(O)CC2)cn1. The summed E-state index contributed by atoms with van der Waals surface area (Å²) in [6.45, 7) is 7.96. The molecular formula is C14H24N2O. The third kappa shape index (κ3) is 4.35. The molecule has 0 aromatic carbocycles. The molecule has 1 atom stereocenters. The Kier molecular flexibility index (Phi) is 5.98. The van der Waals surface area contributed by atoms with Crippen molar-refractivity contribution < 1.29 is 5.11 Å². The number of pyridine rings is 1. The number of anilines is 1. The van der Waals surface area contributed by atoms with Crippen LogP contribution in [0.15, 0.2) is 18.3 Å². The van der Waals surface area contributed by atoms with Crippen LogP contribution >= 0.6 is 0 Å². The molecule has 0 aliphatic carbocycles. The number of aryl methyl sites for hydroxylation is 1. The van der Waals surface area contributed by atoms with E-state index in [1.807, 2.05) is 33.0 Å². The molecular weight excluding hydrogens is 212 g/mol. The van der Waals surface area contributed by atoms with Gasteiger partial charge in [0.1, 0.15) is 0 Å². The van der Waals surface area contributed by atoms with Crippen LogP contribution < -0.4 is 4.90 Å². The van der Waals surface area contributed by atoms with Crippen LogP contribution in [-0.2, 0) is 0 Å². The Morgan fingerprint density at radius 2 is 2.00 bits per heavy atom. The highest BCUT2D eigenvalue weighted by Gasteiger charge is 2.14. The fraction of sp³-hybridized carbons (Fsp3) is 0.643. The van der Waals surface area contributed by atoms with E-state index in [4.69, 9.17) is 0 Å². The number of aromatic nitrogens is 1. The molecule has 1 N–H and O–H groups in total. The van der Waals surface area contributed by atoms with Gasteiger partial charge < -0.3 is 10.0 Å². The molecule has 3 heteroatoms. The zero-order valence-electron chi connectivity index (χ0n) is 11.2. The summed E-state index contributed by atoms with van der Waals surface area (Å²) in [5.74, 6) is 0. The van der Waals surface area contributed by atoms with E-state index >= 15 is 0 Å². The van der Waals surface area contributed by atoms with Gasteiger partial charge in [0.05, 0.1) is 18.0 Å². The molecule has 0 spiro atoms. The van der Waals surface area contributed by atoms with Crippen molar-refractivity contribution in [3.63, 3.8) is 0 Å². The average Bonchev–Trinajstić information content (AvgIpc) is 2.58. The molecule has 1 aromatic rings. The Labute approximate surface area is 104 Å². The summed E-state index contributed by atoms with van der Waals surface area (Å²) in [5.41, 5.74) is 2.23. The Balaban J connectivity index is 0.000000686. The summed E-state index contributed by atoms with van der Waals surface area (Å²) >= 11 is 0. The van der Waals surface area contributed by atoms with Crippen LogP contribution in [0.2, 0.25) is 0 Å². The van der Waals surface area contributed by atoms with Gasteiger partial charge in [-0.25, -0.2) is 0 Å². The highest BCUT2D eigenvalue weighted by molar-refractivity contribution is 5.44. The van der Waals surface area contributed by atoms with Crippen LogP contribution in [0.5, 0.6) is 0 Å². The molecule has 1 aliphatic heterocycles. The Morgan fingerprint density at radius 1 is 1.24 bits per heavy atom. The first kappa shape index (κ1) is 14.0. The van der Waals surface area contributed by atoms with Crippen molar-refractivity contribution in [3.05, 3.63) is 24.0 Å². The number of aliphatic hydroxyl groups excluding tert-OH is 1. The van der Waals surface area contributed by atoms with Crippen molar-refractivity contribution in [3.8, 4) is 0 Å². The summed E-state index contributed by atoms with van der Waals surface area (Å²) < 4.78 is 0. The topological polar surface area (TPSA) is 36.4 Å². The monoisotopic (exact) mass is 236 g/mol. The van der Waals surface area contributed by atoms with Gasteiger partial charge in [0.2, 0.25) is 0 Å². The van der Waals surface area contributed by atoms with Gasteiger partial charge in [0.25, 0.3) is 0 Å². The Bertz CT molecular complexity index is 311. The van der Waals surface area contributed by atoms with Crippen molar-refractivity contribution in [2.24, 2.45) is 0 Å². The molecule has 0 radical (unpaired) electrons. The molecule has 1 unspecified atom stereocenters. The molecule has 1 saturated heterocycles. The number of hydrogen-bond donors (Lipinski definition) is 1. The van der Waals surface area contributed by atoms with E-state index in [2.05, 4.69) is 16.0 Å². The van der Waals surface area contributed by atoms with E-state index < -0.39 is 0 Å². The van der Waals surface area contributed by atoms with Crippen LogP contribution in [0.4, 0.5) is 5.69 Å². The van der Waals surface area contributed by atoms with Gasteiger partial charge >= 0.3 is 0 Å². The van der Waals surface area contributed by atoms with Gasteiger partial charge in [-0.05, 0) is 38.3 Å². The molecule has 1 aromatic heterocycles. The summed E-state index contributed by atoms with van der Waals surface area (Å²) in [5, 5.41) is 9.56. The summed E-state index contributed by atoms with van der Waals surface area (Å²) in [7, 11) is 0. The first-order valence-corrected chi connectivity index (χ1v) is 6.61. The molecule has 0 bridgehead atoms. The number of hydrogen-bond acceptors (Lipinski definition) is 3. The number of nitrogens with zero attached hydrogens (tertiary/aromatic N) is 2. The van der Waals surface area contributed by atoms with Crippen molar-refractivity contribution in [2.45, 2.75) is 46.1 Å². The number of rotatable bonds is 1. The third-order valence-corrected chi connectivity index (χ3v) is 2.96. The lowest BCUT2D eigenvalue weighted by Crippen LogP contribution is -2.24. The fourth-order valence-corrected chi connectivity index (χ4v) is 1.98. The second-order valence-electron chi connectivity index (χ2n) is 4.23. The minimum absolute atomic E-state index is 0.117. The van der Waals surface area contributed by atoms with Crippen molar-refractivity contribution in [2.75, 3.05) is 18.0 Å². The van der Waals surface area contributed by atoms with Gasteiger partial charge in [0.15, 0.2) is 0 Å². The van der Waals surface area contributed by atoms with Crippen LogP contribution in [-0.4, -0.2) is 29.3 Å². The quantitative estimate of drug-likeness (QED) is 0.814. The van der Waals surface area contributed by atoms with Crippen molar-refractivity contribution in [1.82, 2.24) is 4.98 Å². The highest BCUT2D eigenvalue weighted by Crippen LogP contribution is 2.18. The lowest BCUT2D eigenvalue weighted by atomic mass is 10.2. The molecule has 2 heterocycles. The van der Waals surface area contributed by atoms with Crippen LogP contribution in [0.1, 0.15) is 38.8 Å². The van der Waals surface area contributed by atoms with Gasteiger partial charge in [-0.15, -0.1) is 0 Å². The largest absolute Gasteiger partial charge is 0.393 e. The third-order valence-electron chi connectivity index (χ3n) is 2.96. The zero-order valence-corrected chi connectivity index (χ0v) is 11.2. The normalized spacial score (nSPS) is 20.2. The number of aliphatic hydroxyl groups is 1. The lowest BCUT2D eigenvalue weighted by Gasteiger charge is -2.22. The van der Waals surface area contributed by atoms with Crippen LogP contribution in [0, 0.1) is 6.92 Å². The van der Waals surface area contributed by atoms with E-state index in [-0.39, 0.29) is 6.10 Å². The molecule has 3 nitrogen and oxygen atoms in total. The van der Waals surface area contributed by atoms with Crippen LogP contribution in [0.3, 0.4) is 0 Å². The van der Waals surface area contributed by atoms with Crippen LogP contribution in [0.25, 0.3) is 0 Å². The predicted molar refractivity (Wildman–Crippen MR) is 72.4 cm³/mol. The Hall–Kier alpha value is -1.09. The van der Waals surface area contributed by atoms with E-state index in [1.54, 1.807) is 0 Å². The lowest BCUT2D eigenvalue weighted by molar-refractivity contribution is 0.161. The van der Waals surface area contributed by atoms with Gasteiger partial charge in [-0.3, -0.25) is 4.98 Å². The molecule has 2 rings (SSSR count). The first-order chi connectivity index (χ1) is 8.25. The maximum Gasteiger partial charge on any atom is 0.0557 e. The molecule has 96 valence electrons. The van der Waals surface area contributed by atoms with Crippen molar-refractivity contribution in [1.29, 1.82) is 0 Å². The minimum atomic E-state index is -0.117. The van der Waals surface area contributed by atoms with E-state index in [9.17, 15) is 5.11 Å². The van der Waals surface area contributed by atoms with Gasteiger partial charge in [-0.2, -0.15) is 0 Å². The van der Waals surface area contributed by atoms with Gasteiger partial charge in [-0.1, -0.05) is 13.8 Å². The molecule has 0 amide bonds. The molecule has 17 heavy (non-hydrogen) atoms. The summed E-state index contributed by atoms with van der Waals surface area (Å²) in [4.78, 5) is 6.61. The predicted octanol–water partition coefficient (Wildman–Crippen LogP) is 2.77. The summed E-state index contributed by atoms with van der Waals surface area (Å²) in [6, 6.07) is 4.15. The van der Waals surface area contributed by atoms with Gasteiger partial charge in [0, 0.05) is 18.8 Å². The smallest absolute Gasteiger partial charge is 0.0557 e. The Morgan fingerprint density at radius 3 is 2.65 bits per heavy atom. The molecule has 1 aliphatic rings. The van der Waals surface area contributed by atoms with E-state index in [0.29, 0.717) is 0 Å². The second kappa shape index (κ2) is 7.28. The summed E-state index contributed by atoms with van der Waals surface area (Å²) in [6.07, 6.45) is 4.67. The zero-order chi connectivity index (χ0) is 12.7. The first-order valence-electron chi connectivity index (χ1n) is 6.61. The average molecular weight is 236 g/mol. The molecule has 0 saturated carbocycles. The standard InChI is InChI=1S/C12H18N2O.C2H6/c1-10-4-5-11(9-13-10)14-7-2-3-12(15)6-8-14;1-2/h4-5,9,12,15H,2-3,6-8H2,1H3;1-2H3. The minimum Gasteiger partial charge on any atom is -0.393 e. The second-order valence-corrected chi connectivity index (χ2v) is 4.23. The maximum atomic E-state index is 9.56. The van der Waals surface area contributed by atoms with Crippen molar-refractivity contribution >= 4 is 5.69 Å². The van der Waals surface area contributed by atoms with E-state index in [1.165, 1.54) is 5.69 Å². The fourth-order valence-electron chi connectivity index (χ4n) is 1.98. The van der Waals surface area contributed by atoms with E-state index in [0.717, 1.165) is 38.0 Å². The highest BCUT2D eigenvalue weighted by atomic mass is 16.3.